The molecule has 0 bridgehead atoms. The Morgan fingerprint density at radius 3 is 1.60 bits per heavy atom. The van der Waals surface area contributed by atoms with Gasteiger partial charge in [0.2, 0.25) is 0 Å². The number of hydrogen-bond acceptors (Lipinski definition) is 2. The van der Waals surface area contributed by atoms with E-state index in [1.807, 2.05) is 12.1 Å². The van der Waals surface area contributed by atoms with Crippen molar-refractivity contribution in [2.24, 2.45) is 0 Å². The average molecular weight is 235 g/mol. The molecule has 0 saturated heterocycles. The fourth-order valence-electron chi connectivity index (χ4n) is 1.68. The molecular formula is C12H8MnN2. The first-order chi connectivity index (χ1) is 6.95. The monoisotopic (exact) mass is 235 g/mol. The van der Waals surface area contributed by atoms with Gasteiger partial charge in [-0.25, -0.2) is 0 Å². The Bertz CT molecular complexity index is 553. The third-order valence-electron chi connectivity index (χ3n) is 2.34. The van der Waals surface area contributed by atoms with Gasteiger partial charge in [0, 0.05) is 40.2 Å². The first-order valence-corrected chi connectivity index (χ1v) is 4.53. The Labute approximate surface area is 97.8 Å². The summed E-state index contributed by atoms with van der Waals surface area (Å²) in [6, 6.07) is 12.1. The predicted octanol–water partition coefficient (Wildman–Crippen LogP) is 2.78. The van der Waals surface area contributed by atoms with Gasteiger partial charge in [-0.15, -0.1) is 0 Å². The molecule has 0 N–H and O–H groups in total. The van der Waals surface area contributed by atoms with Crippen LogP contribution in [0.2, 0.25) is 0 Å². The number of nitrogens with zero attached hydrogens (tertiary/aromatic N) is 2. The van der Waals surface area contributed by atoms with E-state index in [2.05, 4.69) is 34.2 Å². The van der Waals surface area contributed by atoms with Crippen molar-refractivity contribution in [3.05, 3.63) is 48.8 Å². The van der Waals surface area contributed by atoms with Crippen LogP contribution < -0.4 is 0 Å². The predicted molar refractivity (Wildman–Crippen MR) is 57.0 cm³/mol. The van der Waals surface area contributed by atoms with Crippen molar-refractivity contribution in [1.29, 1.82) is 0 Å². The molecule has 3 heteroatoms. The molecule has 0 saturated carbocycles. The summed E-state index contributed by atoms with van der Waals surface area (Å²) in [4.78, 5) is 8.69. The SMILES string of the molecule is [Mn].c1cnc2c(c1)ccc1cccnc12. The van der Waals surface area contributed by atoms with Gasteiger partial charge in [-0.1, -0.05) is 24.3 Å². The van der Waals surface area contributed by atoms with E-state index in [9.17, 15) is 0 Å². The van der Waals surface area contributed by atoms with Crippen LogP contribution in [0, 0.1) is 0 Å². The summed E-state index contributed by atoms with van der Waals surface area (Å²) in [6.45, 7) is 0. The Balaban J connectivity index is 0.000000853. The summed E-state index contributed by atoms with van der Waals surface area (Å²) in [5.74, 6) is 0. The first kappa shape index (κ1) is 10.1. The Kier molecular flexibility index (Phi) is 2.67. The molecule has 2 nitrogen and oxygen atoms in total. The van der Waals surface area contributed by atoms with E-state index < -0.39 is 0 Å². The van der Waals surface area contributed by atoms with Crippen molar-refractivity contribution in [1.82, 2.24) is 9.97 Å². The van der Waals surface area contributed by atoms with Gasteiger partial charge in [0.05, 0.1) is 11.0 Å². The average Bonchev–Trinajstić information content (AvgIpc) is 2.29. The minimum absolute atomic E-state index is 0. The van der Waals surface area contributed by atoms with Gasteiger partial charge in [-0.05, 0) is 12.1 Å². The van der Waals surface area contributed by atoms with Crippen LogP contribution in [0.3, 0.4) is 0 Å². The van der Waals surface area contributed by atoms with Gasteiger partial charge < -0.3 is 0 Å². The minimum Gasteiger partial charge on any atom is -0.254 e. The van der Waals surface area contributed by atoms with E-state index in [0.29, 0.717) is 0 Å². The smallest absolute Gasteiger partial charge is 0.0964 e. The van der Waals surface area contributed by atoms with Crippen molar-refractivity contribution in [3.63, 3.8) is 0 Å². The summed E-state index contributed by atoms with van der Waals surface area (Å²) < 4.78 is 0. The fourth-order valence-corrected chi connectivity index (χ4v) is 1.68. The summed E-state index contributed by atoms with van der Waals surface area (Å²) in [5, 5.41) is 2.28. The molecule has 3 rings (SSSR count). The molecule has 0 aliphatic rings. The molecule has 3 aromatic rings. The van der Waals surface area contributed by atoms with Gasteiger partial charge in [0.1, 0.15) is 0 Å². The van der Waals surface area contributed by atoms with Crippen LogP contribution in [0.5, 0.6) is 0 Å². The number of benzene rings is 1. The minimum atomic E-state index is 0. The third-order valence-corrected chi connectivity index (χ3v) is 2.34. The van der Waals surface area contributed by atoms with Crippen LogP contribution in [0.25, 0.3) is 21.8 Å². The van der Waals surface area contributed by atoms with Crippen molar-refractivity contribution in [2.75, 3.05) is 0 Å². The Hall–Kier alpha value is -1.44. The molecule has 15 heavy (non-hydrogen) atoms. The number of hydrogen-bond donors (Lipinski definition) is 0. The van der Waals surface area contributed by atoms with Gasteiger partial charge in [0.15, 0.2) is 0 Å². The normalized spacial score (nSPS) is 10.1. The molecule has 2 aromatic heterocycles. The quantitative estimate of drug-likeness (QED) is 0.442. The van der Waals surface area contributed by atoms with Crippen LogP contribution >= 0.6 is 0 Å². The molecule has 0 aliphatic carbocycles. The third kappa shape index (κ3) is 1.60. The first-order valence-electron chi connectivity index (χ1n) is 4.53. The van der Waals surface area contributed by atoms with Gasteiger partial charge in [-0.2, -0.15) is 0 Å². The molecule has 73 valence electrons. The fraction of sp³-hybridized carbons (Fsp3) is 0. The number of aromatic nitrogens is 2. The molecule has 0 atom stereocenters. The van der Waals surface area contributed by atoms with Crippen LogP contribution in [0.15, 0.2) is 48.8 Å². The van der Waals surface area contributed by atoms with Gasteiger partial charge >= 0.3 is 0 Å². The van der Waals surface area contributed by atoms with Crippen LogP contribution in [0.4, 0.5) is 0 Å². The maximum Gasteiger partial charge on any atom is 0.0964 e. The molecule has 1 aromatic carbocycles. The second kappa shape index (κ2) is 3.97. The maximum atomic E-state index is 4.35. The largest absolute Gasteiger partial charge is 0.254 e. The van der Waals surface area contributed by atoms with Gasteiger partial charge in [0.25, 0.3) is 0 Å². The topological polar surface area (TPSA) is 25.8 Å². The number of pyridine rings is 2. The molecule has 0 spiro atoms. The van der Waals surface area contributed by atoms with E-state index in [-0.39, 0.29) is 17.1 Å². The standard InChI is InChI=1S/C12H8N2.Mn/c1-3-9-5-6-10-4-2-8-14-12(10)11(9)13-7-1;/h1-8H;. The molecule has 0 fully saturated rings. The molecular weight excluding hydrogens is 227 g/mol. The molecule has 2 heterocycles. The van der Waals surface area contributed by atoms with E-state index in [1.54, 1.807) is 12.4 Å². The van der Waals surface area contributed by atoms with E-state index in [1.165, 1.54) is 0 Å². The second-order valence-electron chi connectivity index (χ2n) is 3.22. The van der Waals surface area contributed by atoms with E-state index in [0.717, 1.165) is 21.8 Å². The zero-order chi connectivity index (χ0) is 9.38. The summed E-state index contributed by atoms with van der Waals surface area (Å²) in [7, 11) is 0. The molecule has 0 unspecified atom stereocenters. The van der Waals surface area contributed by atoms with Crippen LogP contribution in [-0.2, 0) is 17.1 Å². The zero-order valence-corrected chi connectivity index (χ0v) is 9.07. The summed E-state index contributed by atoms with van der Waals surface area (Å²) in [5.41, 5.74) is 1.95. The van der Waals surface area contributed by atoms with Crippen LogP contribution in [-0.4, -0.2) is 9.97 Å². The Morgan fingerprint density at radius 1 is 0.667 bits per heavy atom. The zero-order valence-electron chi connectivity index (χ0n) is 7.89. The van der Waals surface area contributed by atoms with E-state index >= 15 is 0 Å². The number of fused-ring (bicyclic) bond motifs is 3. The van der Waals surface area contributed by atoms with Crippen LogP contribution in [0.1, 0.15) is 0 Å². The summed E-state index contributed by atoms with van der Waals surface area (Å²) in [6.07, 6.45) is 3.60. The van der Waals surface area contributed by atoms with Crippen molar-refractivity contribution in [2.45, 2.75) is 0 Å². The molecule has 1 radical (unpaired) electrons. The van der Waals surface area contributed by atoms with Gasteiger partial charge in [-0.3, -0.25) is 9.97 Å². The van der Waals surface area contributed by atoms with E-state index in [4.69, 9.17) is 0 Å². The molecule has 0 amide bonds. The van der Waals surface area contributed by atoms with Crippen molar-refractivity contribution in [3.8, 4) is 0 Å². The summed E-state index contributed by atoms with van der Waals surface area (Å²) >= 11 is 0. The van der Waals surface area contributed by atoms with Crippen molar-refractivity contribution < 1.29 is 17.1 Å². The number of rotatable bonds is 0. The van der Waals surface area contributed by atoms with Crippen molar-refractivity contribution >= 4 is 21.8 Å². The molecule has 0 aliphatic heterocycles. The Morgan fingerprint density at radius 2 is 1.13 bits per heavy atom. The second-order valence-corrected chi connectivity index (χ2v) is 3.22. The maximum absolute atomic E-state index is 4.35.